The van der Waals surface area contributed by atoms with Gasteiger partial charge in [0.05, 0.1) is 9.82 Å². The van der Waals surface area contributed by atoms with Crippen LogP contribution >= 0.6 is 0 Å². The molecule has 0 aliphatic carbocycles. The van der Waals surface area contributed by atoms with Gasteiger partial charge in [-0.25, -0.2) is 13.1 Å². The zero-order chi connectivity index (χ0) is 16.0. The van der Waals surface area contributed by atoms with E-state index in [4.69, 9.17) is 4.74 Å². The van der Waals surface area contributed by atoms with Crippen LogP contribution in [-0.4, -0.2) is 33.1 Å². The minimum absolute atomic E-state index is 0.0982. The number of nitrogens with one attached hydrogen (secondary N) is 1. The highest BCUT2D eigenvalue weighted by atomic mass is 32.2. The SMILES string of the molecule is CCOCCCNS(=O)(=O)c1cc(C)c(F)c([N+](=O)[O-])c1. The monoisotopic (exact) mass is 320 g/mol. The van der Waals surface area contributed by atoms with Crippen molar-refractivity contribution in [2.45, 2.75) is 25.2 Å². The molecule has 0 aliphatic rings. The minimum atomic E-state index is -3.92. The predicted octanol–water partition coefficient (Wildman–Crippen LogP) is 1.75. The quantitative estimate of drug-likeness (QED) is 0.447. The molecule has 0 atom stereocenters. The second kappa shape index (κ2) is 7.43. The van der Waals surface area contributed by atoms with Crippen molar-refractivity contribution in [1.82, 2.24) is 4.72 Å². The summed E-state index contributed by atoms with van der Waals surface area (Å²) in [6, 6.07) is 1.78. The molecule has 0 heterocycles. The molecule has 118 valence electrons. The van der Waals surface area contributed by atoms with Crippen molar-refractivity contribution in [3.63, 3.8) is 0 Å². The van der Waals surface area contributed by atoms with E-state index in [-0.39, 0.29) is 17.0 Å². The number of aryl methyl sites for hydroxylation is 1. The van der Waals surface area contributed by atoms with Crippen LogP contribution in [0.25, 0.3) is 0 Å². The Bertz CT molecular complexity index is 618. The number of nitro groups is 1. The molecule has 1 rings (SSSR count). The summed E-state index contributed by atoms with van der Waals surface area (Å²) in [4.78, 5) is 9.44. The summed E-state index contributed by atoms with van der Waals surface area (Å²) in [6.07, 6.45) is 0.468. The third kappa shape index (κ3) is 4.73. The first-order valence-corrected chi connectivity index (χ1v) is 7.80. The minimum Gasteiger partial charge on any atom is -0.382 e. The zero-order valence-corrected chi connectivity index (χ0v) is 12.6. The molecule has 0 saturated carbocycles. The van der Waals surface area contributed by atoms with Crippen LogP contribution in [0, 0.1) is 22.9 Å². The summed E-state index contributed by atoms with van der Waals surface area (Å²) in [5, 5.41) is 10.7. The van der Waals surface area contributed by atoms with E-state index >= 15 is 0 Å². The Kier molecular flexibility index (Phi) is 6.19. The molecule has 0 radical (unpaired) electrons. The first kappa shape index (κ1) is 17.5. The predicted molar refractivity (Wildman–Crippen MR) is 74.1 cm³/mol. The molecular weight excluding hydrogens is 303 g/mol. The lowest BCUT2D eigenvalue weighted by Crippen LogP contribution is -2.26. The number of ether oxygens (including phenoxy) is 1. The standard InChI is InChI=1S/C12H17FN2O5S/c1-3-20-6-4-5-14-21(18,19)10-7-9(2)12(13)11(8-10)15(16)17/h7-8,14H,3-6H2,1-2H3. The van der Waals surface area contributed by atoms with Crippen molar-refractivity contribution >= 4 is 15.7 Å². The Morgan fingerprint density at radius 3 is 2.67 bits per heavy atom. The molecule has 0 spiro atoms. The van der Waals surface area contributed by atoms with Crippen molar-refractivity contribution in [3.8, 4) is 0 Å². The first-order chi connectivity index (χ1) is 9.79. The Balaban J connectivity index is 2.91. The summed E-state index contributed by atoms with van der Waals surface area (Å²) in [6.45, 7) is 4.17. The Hall–Kier alpha value is -1.58. The number of nitrogens with zero attached hydrogens (tertiary/aromatic N) is 1. The highest BCUT2D eigenvalue weighted by molar-refractivity contribution is 7.89. The molecule has 0 aromatic heterocycles. The molecule has 1 N–H and O–H groups in total. The molecule has 21 heavy (non-hydrogen) atoms. The largest absolute Gasteiger partial charge is 0.382 e. The fourth-order valence-corrected chi connectivity index (χ4v) is 2.79. The third-order valence-electron chi connectivity index (χ3n) is 2.68. The second-order valence-electron chi connectivity index (χ2n) is 4.28. The van der Waals surface area contributed by atoms with E-state index in [1.807, 2.05) is 6.92 Å². The van der Waals surface area contributed by atoms with Gasteiger partial charge in [-0.3, -0.25) is 10.1 Å². The summed E-state index contributed by atoms with van der Waals surface area (Å²) >= 11 is 0. The van der Waals surface area contributed by atoms with Gasteiger partial charge in [-0.05, 0) is 31.9 Å². The Labute approximate surface area is 122 Å². The number of rotatable bonds is 8. The van der Waals surface area contributed by atoms with Crippen LogP contribution in [0.2, 0.25) is 0 Å². The maximum absolute atomic E-state index is 13.5. The van der Waals surface area contributed by atoms with Crippen molar-refractivity contribution in [1.29, 1.82) is 0 Å². The van der Waals surface area contributed by atoms with Gasteiger partial charge in [0.15, 0.2) is 0 Å². The summed E-state index contributed by atoms with van der Waals surface area (Å²) < 4.78 is 44.9. The van der Waals surface area contributed by atoms with E-state index in [2.05, 4.69) is 4.72 Å². The highest BCUT2D eigenvalue weighted by Crippen LogP contribution is 2.24. The average Bonchev–Trinajstić information content (AvgIpc) is 2.40. The van der Waals surface area contributed by atoms with Crippen LogP contribution in [0.15, 0.2) is 17.0 Å². The van der Waals surface area contributed by atoms with Crippen LogP contribution in [0.1, 0.15) is 18.9 Å². The van der Waals surface area contributed by atoms with Crippen molar-refractivity contribution in [2.24, 2.45) is 0 Å². The van der Waals surface area contributed by atoms with Crippen LogP contribution in [0.3, 0.4) is 0 Å². The number of halogens is 1. The molecule has 0 amide bonds. The molecule has 1 aromatic carbocycles. The van der Waals surface area contributed by atoms with E-state index in [0.29, 0.717) is 25.7 Å². The van der Waals surface area contributed by atoms with Crippen LogP contribution in [-0.2, 0) is 14.8 Å². The topological polar surface area (TPSA) is 98.5 Å². The van der Waals surface area contributed by atoms with Crippen molar-refractivity contribution < 1.29 is 22.5 Å². The Morgan fingerprint density at radius 1 is 1.43 bits per heavy atom. The van der Waals surface area contributed by atoms with Crippen LogP contribution < -0.4 is 4.72 Å². The van der Waals surface area contributed by atoms with Crippen molar-refractivity contribution in [3.05, 3.63) is 33.6 Å². The smallest absolute Gasteiger partial charge is 0.306 e. The first-order valence-electron chi connectivity index (χ1n) is 6.31. The van der Waals surface area contributed by atoms with Gasteiger partial charge in [-0.1, -0.05) is 0 Å². The van der Waals surface area contributed by atoms with Gasteiger partial charge in [-0.15, -0.1) is 0 Å². The van der Waals surface area contributed by atoms with E-state index in [1.165, 1.54) is 6.92 Å². The number of benzene rings is 1. The molecule has 1 aromatic rings. The molecule has 0 fully saturated rings. The van der Waals surface area contributed by atoms with Gasteiger partial charge in [0.1, 0.15) is 0 Å². The lowest BCUT2D eigenvalue weighted by atomic mass is 10.2. The summed E-state index contributed by atoms with van der Waals surface area (Å²) in [5.41, 5.74) is -0.955. The molecule has 7 nitrogen and oxygen atoms in total. The van der Waals surface area contributed by atoms with Crippen molar-refractivity contribution in [2.75, 3.05) is 19.8 Å². The van der Waals surface area contributed by atoms with Crippen LogP contribution in [0.5, 0.6) is 0 Å². The van der Waals surface area contributed by atoms with E-state index in [9.17, 15) is 22.9 Å². The molecule has 9 heteroatoms. The van der Waals surface area contributed by atoms with E-state index < -0.39 is 26.5 Å². The normalized spacial score (nSPS) is 11.6. The number of sulfonamides is 1. The molecule has 0 saturated heterocycles. The maximum atomic E-state index is 13.5. The Morgan fingerprint density at radius 2 is 2.10 bits per heavy atom. The highest BCUT2D eigenvalue weighted by Gasteiger charge is 2.23. The fourth-order valence-electron chi connectivity index (χ4n) is 1.61. The van der Waals surface area contributed by atoms with Gasteiger partial charge >= 0.3 is 5.69 Å². The van der Waals surface area contributed by atoms with Gasteiger partial charge in [-0.2, -0.15) is 4.39 Å². The van der Waals surface area contributed by atoms with E-state index in [1.54, 1.807) is 0 Å². The maximum Gasteiger partial charge on any atom is 0.306 e. The lowest BCUT2D eigenvalue weighted by molar-refractivity contribution is -0.387. The second-order valence-corrected chi connectivity index (χ2v) is 6.05. The fraction of sp³-hybridized carbons (Fsp3) is 0.500. The average molecular weight is 320 g/mol. The lowest BCUT2D eigenvalue weighted by Gasteiger charge is -2.08. The molecular formula is C12H17FN2O5S. The molecule has 0 unspecified atom stereocenters. The molecule has 0 aliphatic heterocycles. The molecule has 0 bridgehead atoms. The van der Waals surface area contributed by atoms with Crippen LogP contribution in [0.4, 0.5) is 10.1 Å². The summed E-state index contributed by atoms with van der Waals surface area (Å²) in [5.74, 6) is -1.03. The zero-order valence-electron chi connectivity index (χ0n) is 11.8. The van der Waals surface area contributed by atoms with Gasteiger partial charge in [0.2, 0.25) is 15.8 Å². The van der Waals surface area contributed by atoms with Gasteiger partial charge < -0.3 is 4.74 Å². The van der Waals surface area contributed by atoms with E-state index in [0.717, 1.165) is 6.07 Å². The third-order valence-corrected chi connectivity index (χ3v) is 4.12. The van der Waals surface area contributed by atoms with Gasteiger partial charge in [0, 0.05) is 25.8 Å². The number of nitro benzene ring substituents is 1. The number of hydrogen-bond acceptors (Lipinski definition) is 5. The van der Waals surface area contributed by atoms with Gasteiger partial charge in [0.25, 0.3) is 0 Å². The number of hydrogen-bond donors (Lipinski definition) is 1. The summed E-state index contributed by atoms with van der Waals surface area (Å²) in [7, 11) is -3.92.